The number of nitrogens with one attached hydrogen (secondary N) is 1. The summed E-state index contributed by atoms with van der Waals surface area (Å²) in [4.78, 5) is 16.1. The van der Waals surface area contributed by atoms with Crippen LogP contribution in [-0.4, -0.2) is 10.9 Å². The van der Waals surface area contributed by atoms with Gasteiger partial charge in [-0.05, 0) is 31.0 Å². The average Bonchev–Trinajstić information content (AvgIpc) is 2.47. The number of carbonyl (C=O) groups excluding carboxylic acids is 1. The van der Waals surface area contributed by atoms with Crippen molar-refractivity contribution in [1.82, 2.24) is 10.3 Å². The predicted octanol–water partition coefficient (Wildman–Crippen LogP) is 2.89. The van der Waals surface area contributed by atoms with Crippen molar-refractivity contribution >= 4 is 5.91 Å². The fourth-order valence-corrected chi connectivity index (χ4v) is 1.92. The zero-order valence-electron chi connectivity index (χ0n) is 11.0. The minimum Gasteiger partial charge on any atom is -0.348 e. The highest BCUT2D eigenvalue weighted by atomic mass is 16.1. The lowest BCUT2D eigenvalue weighted by Gasteiger charge is -2.13. The van der Waals surface area contributed by atoms with Crippen LogP contribution < -0.4 is 5.32 Å². The zero-order chi connectivity index (χ0) is 13.5. The Morgan fingerprint density at radius 2 is 1.89 bits per heavy atom. The molecule has 0 saturated carbocycles. The van der Waals surface area contributed by atoms with Crippen LogP contribution in [0.5, 0.6) is 0 Å². The van der Waals surface area contributed by atoms with Crippen molar-refractivity contribution in [2.24, 2.45) is 0 Å². The second kappa shape index (κ2) is 6.69. The lowest BCUT2D eigenvalue weighted by Crippen LogP contribution is -2.27. The SMILES string of the molecule is CC(NC(=O)CCc1ccccc1)c1ccccn1. The Balaban J connectivity index is 1.82. The quantitative estimate of drug-likeness (QED) is 0.891. The third-order valence-electron chi connectivity index (χ3n) is 2.99. The van der Waals surface area contributed by atoms with Crippen LogP contribution in [-0.2, 0) is 11.2 Å². The van der Waals surface area contributed by atoms with Crippen LogP contribution in [0.4, 0.5) is 0 Å². The van der Waals surface area contributed by atoms with Crippen LogP contribution in [0.25, 0.3) is 0 Å². The molecule has 1 N–H and O–H groups in total. The van der Waals surface area contributed by atoms with Gasteiger partial charge in [0.2, 0.25) is 5.91 Å². The molecular formula is C16H18N2O. The van der Waals surface area contributed by atoms with E-state index in [1.807, 2.05) is 55.5 Å². The first-order valence-electron chi connectivity index (χ1n) is 6.50. The smallest absolute Gasteiger partial charge is 0.220 e. The van der Waals surface area contributed by atoms with Crippen molar-refractivity contribution in [2.75, 3.05) is 0 Å². The van der Waals surface area contributed by atoms with Crippen LogP contribution in [0.1, 0.15) is 30.6 Å². The van der Waals surface area contributed by atoms with Gasteiger partial charge in [-0.2, -0.15) is 0 Å². The number of hydrogen-bond acceptors (Lipinski definition) is 2. The fourth-order valence-electron chi connectivity index (χ4n) is 1.92. The monoisotopic (exact) mass is 254 g/mol. The van der Waals surface area contributed by atoms with Crippen LogP contribution in [0, 0.1) is 0 Å². The molecule has 98 valence electrons. The van der Waals surface area contributed by atoms with Gasteiger partial charge in [0, 0.05) is 12.6 Å². The van der Waals surface area contributed by atoms with Gasteiger partial charge in [-0.1, -0.05) is 36.4 Å². The normalized spacial score (nSPS) is 11.8. The van der Waals surface area contributed by atoms with E-state index in [0.717, 1.165) is 12.1 Å². The van der Waals surface area contributed by atoms with E-state index >= 15 is 0 Å². The van der Waals surface area contributed by atoms with E-state index in [4.69, 9.17) is 0 Å². The number of benzene rings is 1. The van der Waals surface area contributed by atoms with Gasteiger partial charge in [0.05, 0.1) is 11.7 Å². The highest BCUT2D eigenvalue weighted by Crippen LogP contribution is 2.09. The molecule has 3 nitrogen and oxygen atoms in total. The molecule has 1 aromatic carbocycles. The number of amides is 1. The van der Waals surface area contributed by atoms with E-state index in [2.05, 4.69) is 10.3 Å². The molecule has 1 heterocycles. The summed E-state index contributed by atoms with van der Waals surface area (Å²) in [6.45, 7) is 1.95. The average molecular weight is 254 g/mol. The Morgan fingerprint density at radius 1 is 1.16 bits per heavy atom. The Labute approximate surface area is 113 Å². The van der Waals surface area contributed by atoms with Crippen molar-refractivity contribution in [3.05, 3.63) is 66.0 Å². The van der Waals surface area contributed by atoms with Crippen molar-refractivity contribution in [1.29, 1.82) is 0 Å². The third kappa shape index (κ3) is 4.21. The van der Waals surface area contributed by atoms with E-state index in [9.17, 15) is 4.79 Å². The Kier molecular flexibility index (Phi) is 4.67. The molecule has 0 fully saturated rings. The van der Waals surface area contributed by atoms with Crippen molar-refractivity contribution in [3.8, 4) is 0 Å². The zero-order valence-corrected chi connectivity index (χ0v) is 11.0. The molecule has 2 rings (SSSR count). The second-order valence-electron chi connectivity index (χ2n) is 4.53. The molecule has 0 aliphatic carbocycles. The molecule has 0 bridgehead atoms. The van der Waals surface area contributed by atoms with Crippen molar-refractivity contribution in [3.63, 3.8) is 0 Å². The van der Waals surface area contributed by atoms with Crippen LogP contribution in [0.15, 0.2) is 54.7 Å². The molecule has 0 spiro atoms. The summed E-state index contributed by atoms with van der Waals surface area (Å²) < 4.78 is 0. The molecular weight excluding hydrogens is 236 g/mol. The Hall–Kier alpha value is -2.16. The molecule has 0 aliphatic rings. The van der Waals surface area contributed by atoms with Gasteiger partial charge < -0.3 is 5.32 Å². The molecule has 2 aromatic rings. The molecule has 1 unspecified atom stereocenters. The van der Waals surface area contributed by atoms with E-state index in [-0.39, 0.29) is 11.9 Å². The number of rotatable bonds is 5. The third-order valence-corrected chi connectivity index (χ3v) is 2.99. The first kappa shape index (κ1) is 13.3. The number of nitrogens with zero attached hydrogens (tertiary/aromatic N) is 1. The molecule has 1 aromatic heterocycles. The van der Waals surface area contributed by atoms with Crippen LogP contribution in [0.2, 0.25) is 0 Å². The van der Waals surface area contributed by atoms with Gasteiger partial charge in [0.15, 0.2) is 0 Å². The summed E-state index contributed by atoms with van der Waals surface area (Å²) in [6.07, 6.45) is 3.00. The lowest BCUT2D eigenvalue weighted by atomic mass is 10.1. The number of pyridine rings is 1. The standard InChI is InChI=1S/C16H18N2O/c1-13(15-9-5-6-12-17-15)18-16(19)11-10-14-7-3-2-4-8-14/h2-9,12-13H,10-11H2,1H3,(H,18,19). The van der Waals surface area contributed by atoms with E-state index in [1.165, 1.54) is 5.56 Å². The van der Waals surface area contributed by atoms with E-state index in [0.29, 0.717) is 6.42 Å². The first-order valence-corrected chi connectivity index (χ1v) is 6.50. The van der Waals surface area contributed by atoms with E-state index in [1.54, 1.807) is 6.20 Å². The number of aryl methyl sites for hydroxylation is 1. The number of aromatic nitrogens is 1. The molecule has 0 radical (unpaired) electrons. The highest BCUT2D eigenvalue weighted by Gasteiger charge is 2.09. The Morgan fingerprint density at radius 3 is 2.58 bits per heavy atom. The minimum absolute atomic E-state index is 0.0514. The van der Waals surface area contributed by atoms with Gasteiger partial charge in [0.1, 0.15) is 0 Å². The maximum absolute atomic E-state index is 11.9. The molecule has 19 heavy (non-hydrogen) atoms. The topological polar surface area (TPSA) is 42.0 Å². The van der Waals surface area contributed by atoms with Gasteiger partial charge in [-0.25, -0.2) is 0 Å². The van der Waals surface area contributed by atoms with Gasteiger partial charge in [-0.15, -0.1) is 0 Å². The molecule has 0 saturated heterocycles. The summed E-state index contributed by atoms with van der Waals surface area (Å²) in [5.41, 5.74) is 2.07. The molecule has 3 heteroatoms. The fraction of sp³-hybridized carbons (Fsp3) is 0.250. The summed E-state index contributed by atoms with van der Waals surface area (Å²) in [5.74, 6) is 0.0574. The second-order valence-corrected chi connectivity index (χ2v) is 4.53. The summed E-state index contributed by atoms with van der Waals surface area (Å²) in [7, 11) is 0. The van der Waals surface area contributed by atoms with Gasteiger partial charge in [0.25, 0.3) is 0 Å². The number of carbonyl (C=O) groups is 1. The van der Waals surface area contributed by atoms with Crippen molar-refractivity contribution in [2.45, 2.75) is 25.8 Å². The van der Waals surface area contributed by atoms with Crippen LogP contribution >= 0.6 is 0 Å². The largest absolute Gasteiger partial charge is 0.348 e. The summed E-state index contributed by atoms with van der Waals surface area (Å²) in [6, 6.07) is 15.7. The minimum atomic E-state index is -0.0514. The van der Waals surface area contributed by atoms with Crippen LogP contribution in [0.3, 0.4) is 0 Å². The van der Waals surface area contributed by atoms with Gasteiger partial charge >= 0.3 is 0 Å². The van der Waals surface area contributed by atoms with E-state index < -0.39 is 0 Å². The maximum Gasteiger partial charge on any atom is 0.220 e. The van der Waals surface area contributed by atoms with Gasteiger partial charge in [-0.3, -0.25) is 9.78 Å². The summed E-state index contributed by atoms with van der Waals surface area (Å²) in [5, 5.41) is 2.96. The first-order chi connectivity index (χ1) is 9.25. The van der Waals surface area contributed by atoms with Crippen molar-refractivity contribution < 1.29 is 4.79 Å². The molecule has 1 atom stereocenters. The Bertz CT molecular complexity index is 511. The highest BCUT2D eigenvalue weighted by molar-refractivity contribution is 5.76. The molecule has 0 aliphatic heterocycles. The lowest BCUT2D eigenvalue weighted by molar-refractivity contribution is -0.121. The summed E-state index contributed by atoms with van der Waals surface area (Å²) >= 11 is 0. The maximum atomic E-state index is 11.9. The predicted molar refractivity (Wildman–Crippen MR) is 75.6 cm³/mol. The molecule has 1 amide bonds. The number of hydrogen-bond donors (Lipinski definition) is 1.